The summed E-state index contributed by atoms with van der Waals surface area (Å²) < 4.78 is 5.37. The van der Waals surface area contributed by atoms with E-state index >= 15 is 0 Å². The molecule has 0 amide bonds. The maximum atomic E-state index is 5.37. The van der Waals surface area contributed by atoms with E-state index in [0.29, 0.717) is 6.04 Å². The molecule has 0 unspecified atom stereocenters. The Bertz CT molecular complexity index is 664. The second-order valence-corrected chi connectivity index (χ2v) is 6.42. The molecule has 3 rings (SSSR count). The van der Waals surface area contributed by atoms with E-state index in [-0.39, 0.29) is 0 Å². The van der Waals surface area contributed by atoms with Crippen LogP contribution in [0, 0.1) is 0 Å². The fourth-order valence-corrected chi connectivity index (χ4v) is 3.24. The Morgan fingerprint density at radius 1 is 1.16 bits per heavy atom. The molecule has 0 saturated carbocycles. The molecular formula is C21H27N3O. The number of para-hydroxylation sites is 1. The van der Waals surface area contributed by atoms with Crippen LogP contribution in [-0.2, 0) is 6.54 Å². The molecule has 1 saturated heterocycles. The summed E-state index contributed by atoms with van der Waals surface area (Å²) in [6, 6.07) is 14.8. The van der Waals surface area contributed by atoms with Gasteiger partial charge in [0, 0.05) is 44.0 Å². The van der Waals surface area contributed by atoms with Crippen molar-refractivity contribution in [1.82, 2.24) is 15.2 Å². The van der Waals surface area contributed by atoms with E-state index in [1.54, 1.807) is 7.11 Å². The Morgan fingerprint density at radius 2 is 1.96 bits per heavy atom. The number of ether oxygens (including phenoxy) is 1. The van der Waals surface area contributed by atoms with Gasteiger partial charge in [0.1, 0.15) is 5.75 Å². The van der Waals surface area contributed by atoms with E-state index in [4.69, 9.17) is 4.74 Å². The lowest BCUT2D eigenvalue weighted by molar-refractivity contribution is 0.191. The molecule has 1 aliphatic rings. The Hall–Kier alpha value is -2.17. The largest absolute Gasteiger partial charge is 0.496 e. The van der Waals surface area contributed by atoms with Crippen LogP contribution in [0.25, 0.3) is 6.08 Å². The van der Waals surface area contributed by atoms with Gasteiger partial charge in [-0.25, -0.2) is 0 Å². The minimum absolute atomic E-state index is 0.599. The normalized spacial score (nSPS) is 16.4. The number of likely N-dealkylation sites (tertiary alicyclic amines) is 1. The Balaban J connectivity index is 1.38. The van der Waals surface area contributed by atoms with E-state index in [1.807, 2.05) is 30.5 Å². The van der Waals surface area contributed by atoms with Gasteiger partial charge < -0.3 is 10.1 Å². The molecule has 1 fully saturated rings. The van der Waals surface area contributed by atoms with Crippen LogP contribution in [0.1, 0.15) is 24.1 Å². The van der Waals surface area contributed by atoms with Crippen molar-refractivity contribution in [3.63, 3.8) is 0 Å². The molecule has 0 spiro atoms. The minimum Gasteiger partial charge on any atom is -0.496 e. The summed E-state index contributed by atoms with van der Waals surface area (Å²) in [5.74, 6) is 0.918. The van der Waals surface area contributed by atoms with Gasteiger partial charge in [-0.1, -0.05) is 36.4 Å². The van der Waals surface area contributed by atoms with Gasteiger partial charge in [0.15, 0.2) is 0 Å². The van der Waals surface area contributed by atoms with E-state index in [0.717, 1.165) is 43.2 Å². The minimum atomic E-state index is 0.599. The van der Waals surface area contributed by atoms with E-state index in [1.165, 1.54) is 12.8 Å². The molecule has 2 aromatic rings. The van der Waals surface area contributed by atoms with Crippen LogP contribution < -0.4 is 10.1 Å². The Labute approximate surface area is 150 Å². The number of aromatic nitrogens is 1. The molecule has 0 atom stereocenters. The van der Waals surface area contributed by atoms with Gasteiger partial charge >= 0.3 is 0 Å². The highest BCUT2D eigenvalue weighted by Gasteiger charge is 2.18. The van der Waals surface area contributed by atoms with Crippen LogP contribution in [0.3, 0.4) is 0 Å². The lowest BCUT2D eigenvalue weighted by Gasteiger charge is -2.32. The molecule has 0 radical (unpaired) electrons. The van der Waals surface area contributed by atoms with Crippen molar-refractivity contribution in [1.29, 1.82) is 0 Å². The molecule has 0 aliphatic carbocycles. The average molecular weight is 337 g/mol. The molecule has 1 aromatic heterocycles. The first-order chi connectivity index (χ1) is 12.3. The van der Waals surface area contributed by atoms with Crippen LogP contribution in [0.15, 0.2) is 54.7 Å². The van der Waals surface area contributed by atoms with Gasteiger partial charge in [-0.15, -0.1) is 0 Å². The van der Waals surface area contributed by atoms with Gasteiger partial charge in [0.25, 0.3) is 0 Å². The van der Waals surface area contributed by atoms with Gasteiger partial charge in [-0.05, 0) is 31.0 Å². The quantitative estimate of drug-likeness (QED) is 0.841. The first-order valence-corrected chi connectivity index (χ1v) is 9.00. The fourth-order valence-electron chi connectivity index (χ4n) is 3.24. The van der Waals surface area contributed by atoms with Crippen LogP contribution in [0.2, 0.25) is 0 Å². The highest BCUT2D eigenvalue weighted by atomic mass is 16.5. The number of hydrogen-bond donors (Lipinski definition) is 1. The molecule has 1 aromatic carbocycles. The lowest BCUT2D eigenvalue weighted by Crippen LogP contribution is -2.42. The second-order valence-electron chi connectivity index (χ2n) is 6.42. The highest BCUT2D eigenvalue weighted by Crippen LogP contribution is 2.18. The molecule has 132 valence electrons. The molecule has 2 heterocycles. The fraction of sp³-hybridized carbons (Fsp3) is 0.381. The summed E-state index contributed by atoms with van der Waals surface area (Å²) in [6.07, 6.45) is 8.56. The Kier molecular flexibility index (Phi) is 6.60. The predicted molar refractivity (Wildman–Crippen MR) is 103 cm³/mol. The molecule has 1 aliphatic heterocycles. The summed E-state index contributed by atoms with van der Waals surface area (Å²) in [4.78, 5) is 6.91. The third-order valence-electron chi connectivity index (χ3n) is 4.66. The van der Waals surface area contributed by atoms with E-state index in [2.05, 4.69) is 45.6 Å². The maximum Gasteiger partial charge on any atom is 0.126 e. The highest BCUT2D eigenvalue weighted by molar-refractivity contribution is 5.57. The summed E-state index contributed by atoms with van der Waals surface area (Å²) in [5.41, 5.74) is 2.28. The molecule has 25 heavy (non-hydrogen) atoms. The summed E-state index contributed by atoms with van der Waals surface area (Å²) in [5, 5.41) is 3.64. The standard InChI is InChI=1S/C21H27N3O/c1-25-21-10-3-2-7-18(21)8-6-14-22-19-11-15-24(16-12-19)17-20-9-4-5-13-23-20/h2-10,13,19,22H,11-12,14-17H2,1H3. The first kappa shape index (κ1) is 17.6. The zero-order valence-corrected chi connectivity index (χ0v) is 14.9. The average Bonchev–Trinajstić information content (AvgIpc) is 2.67. The van der Waals surface area contributed by atoms with Gasteiger partial charge in [-0.2, -0.15) is 0 Å². The maximum absolute atomic E-state index is 5.37. The van der Waals surface area contributed by atoms with E-state index in [9.17, 15) is 0 Å². The summed E-state index contributed by atoms with van der Waals surface area (Å²) in [7, 11) is 1.71. The van der Waals surface area contributed by atoms with Crippen molar-refractivity contribution < 1.29 is 4.74 Å². The Morgan fingerprint density at radius 3 is 2.72 bits per heavy atom. The number of rotatable bonds is 7. The molecule has 4 heteroatoms. The molecule has 1 N–H and O–H groups in total. The van der Waals surface area contributed by atoms with Crippen LogP contribution >= 0.6 is 0 Å². The molecular weight excluding hydrogens is 310 g/mol. The zero-order chi connectivity index (χ0) is 17.3. The summed E-state index contributed by atoms with van der Waals surface area (Å²) in [6.45, 7) is 4.11. The topological polar surface area (TPSA) is 37.4 Å². The summed E-state index contributed by atoms with van der Waals surface area (Å²) >= 11 is 0. The number of nitrogens with zero attached hydrogens (tertiary/aromatic N) is 2. The van der Waals surface area contributed by atoms with Crippen molar-refractivity contribution in [3.8, 4) is 5.75 Å². The van der Waals surface area contributed by atoms with Crippen molar-refractivity contribution in [2.24, 2.45) is 0 Å². The van der Waals surface area contributed by atoms with Gasteiger partial charge in [0.05, 0.1) is 12.8 Å². The smallest absolute Gasteiger partial charge is 0.126 e. The zero-order valence-electron chi connectivity index (χ0n) is 14.9. The van der Waals surface area contributed by atoms with Crippen molar-refractivity contribution in [3.05, 3.63) is 66.0 Å². The third-order valence-corrected chi connectivity index (χ3v) is 4.66. The number of nitrogens with one attached hydrogen (secondary N) is 1. The van der Waals surface area contributed by atoms with Crippen molar-refractivity contribution >= 4 is 6.08 Å². The first-order valence-electron chi connectivity index (χ1n) is 9.00. The number of methoxy groups -OCH3 is 1. The number of piperidine rings is 1. The molecule has 4 nitrogen and oxygen atoms in total. The van der Waals surface area contributed by atoms with Crippen molar-refractivity contribution in [2.75, 3.05) is 26.7 Å². The van der Waals surface area contributed by atoms with Crippen molar-refractivity contribution in [2.45, 2.75) is 25.4 Å². The van der Waals surface area contributed by atoms with Crippen LogP contribution in [0.4, 0.5) is 0 Å². The number of benzene rings is 1. The molecule has 0 bridgehead atoms. The number of pyridine rings is 1. The monoisotopic (exact) mass is 337 g/mol. The van der Waals surface area contributed by atoms with Crippen LogP contribution in [-0.4, -0.2) is 42.7 Å². The van der Waals surface area contributed by atoms with E-state index < -0.39 is 0 Å². The van der Waals surface area contributed by atoms with Crippen LogP contribution in [0.5, 0.6) is 5.75 Å². The van der Waals surface area contributed by atoms with Gasteiger partial charge in [0.2, 0.25) is 0 Å². The lowest BCUT2D eigenvalue weighted by atomic mass is 10.0. The second kappa shape index (κ2) is 9.35. The number of hydrogen-bond acceptors (Lipinski definition) is 4. The van der Waals surface area contributed by atoms with Gasteiger partial charge in [-0.3, -0.25) is 9.88 Å². The predicted octanol–water partition coefficient (Wildman–Crippen LogP) is 3.36. The third kappa shape index (κ3) is 5.41. The SMILES string of the molecule is COc1ccccc1C=CCNC1CCN(Cc2ccccn2)CC1.